The van der Waals surface area contributed by atoms with Crippen LogP contribution in [0.15, 0.2) is 182 Å². The Morgan fingerprint density at radius 2 is 0.857 bits per heavy atom. The van der Waals surface area contributed by atoms with Gasteiger partial charge in [-0.15, -0.1) is 0 Å². The third kappa shape index (κ3) is 11.6. The monoisotopic (exact) mass is 966 g/mol. The van der Waals surface area contributed by atoms with Crippen LogP contribution in [-0.4, -0.2) is 106 Å². The third-order valence-corrected chi connectivity index (χ3v) is 18.7. The Hall–Kier alpha value is -4.90. The fraction of sp³-hybridized carbons (Fsp3) is 0.379. The van der Waals surface area contributed by atoms with Crippen LogP contribution in [-0.2, 0) is 68.7 Å². The van der Waals surface area contributed by atoms with E-state index in [-0.39, 0.29) is 44.9 Å². The number of rotatable bonds is 19. The number of ether oxygens (including phenoxy) is 8. The first-order valence-corrected chi connectivity index (χ1v) is 26.3. The Morgan fingerprint density at radius 1 is 0.443 bits per heavy atom. The highest BCUT2D eigenvalue weighted by molar-refractivity contribution is 6.99. The highest BCUT2D eigenvalue weighted by Crippen LogP contribution is 2.41. The predicted molar refractivity (Wildman–Crippen MR) is 269 cm³/mol. The van der Waals surface area contributed by atoms with Crippen LogP contribution in [0.4, 0.5) is 0 Å². The molecule has 0 saturated carbocycles. The van der Waals surface area contributed by atoms with Gasteiger partial charge in [-0.25, -0.2) is 0 Å². The fourth-order valence-electron chi connectivity index (χ4n) is 10.2. The van der Waals surface area contributed by atoms with Gasteiger partial charge < -0.3 is 52.5 Å². The normalized spacial score (nSPS) is 27.1. The summed E-state index contributed by atoms with van der Waals surface area (Å²) in [4.78, 5) is 0. The van der Waals surface area contributed by atoms with Gasteiger partial charge in [-0.05, 0) is 37.7 Å². The maximum Gasteiger partial charge on any atom is 0.261 e. The highest BCUT2D eigenvalue weighted by atomic mass is 28.4. The van der Waals surface area contributed by atoms with E-state index in [1.807, 2.05) is 158 Å². The van der Waals surface area contributed by atoms with Crippen LogP contribution in [0.25, 0.3) is 0 Å². The molecule has 0 aliphatic carbocycles. The molecule has 2 N–H and O–H groups in total. The van der Waals surface area contributed by atoms with Gasteiger partial charge in [-0.3, -0.25) is 0 Å². The second-order valence-electron chi connectivity index (χ2n) is 19.4. The minimum Gasteiger partial charge on any atom is -0.405 e. The number of hydrogen-bond donors (Lipinski definition) is 2. The lowest BCUT2D eigenvalue weighted by Gasteiger charge is -2.53. The van der Waals surface area contributed by atoms with Crippen LogP contribution in [0, 0.1) is 0 Å². The molecule has 9 rings (SSSR count). The summed E-state index contributed by atoms with van der Waals surface area (Å²) >= 11 is 0. The first kappa shape index (κ1) is 50.1. The summed E-state index contributed by atoms with van der Waals surface area (Å²) in [5.41, 5.74) is 3.94. The second-order valence-corrected chi connectivity index (χ2v) is 23.7. The van der Waals surface area contributed by atoms with Gasteiger partial charge >= 0.3 is 0 Å². The Balaban J connectivity index is 1.07. The van der Waals surface area contributed by atoms with Crippen molar-refractivity contribution in [2.75, 3.05) is 20.0 Å². The molecule has 12 heteroatoms. The molecule has 6 aromatic carbocycles. The van der Waals surface area contributed by atoms with Crippen molar-refractivity contribution in [3.8, 4) is 0 Å². The van der Waals surface area contributed by atoms with Gasteiger partial charge in [0, 0.05) is 0 Å². The van der Waals surface area contributed by atoms with Crippen molar-refractivity contribution in [1.82, 2.24) is 0 Å². The Morgan fingerprint density at radius 3 is 1.34 bits per heavy atom. The van der Waals surface area contributed by atoms with E-state index < -0.39 is 75.5 Å². The Bertz CT molecular complexity index is 2410. The van der Waals surface area contributed by atoms with Crippen molar-refractivity contribution < 1.29 is 52.5 Å². The van der Waals surface area contributed by atoms with Gasteiger partial charge in [-0.1, -0.05) is 203 Å². The standard InChI is InChI=1S/C58H66O11Si/c1-58(2,3)70(45-30-18-8-19-31-45,46-32-20-9-21-33-46)67-39-47-49(59)50(60)52-56(68-47)55(66-40-65-52)57-54(64-37-44-28-16-7-17-29-44)53(63-36-43-26-14-6-15-27-43)51(62-35-42-24-12-5-13-25-42)48(69-57)38-61-34-41-22-10-4-11-23-41/h4-33,47-57,59-60H,34-40H2,1-3H3/t47-,48-,49+,50+,51-,52-,53+,54+,55-,56-,57+/m1/s1. The van der Waals surface area contributed by atoms with Gasteiger partial charge in [0.2, 0.25) is 0 Å². The van der Waals surface area contributed by atoms with E-state index in [1.54, 1.807) is 0 Å². The van der Waals surface area contributed by atoms with E-state index in [0.717, 1.165) is 32.6 Å². The zero-order chi connectivity index (χ0) is 48.3. The van der Waals surface area contributed by atoms with Crippen molar-refractivity contribution in [3.63, 3.8) is 0 Å². The molecule has 3 heterocycles. The number of fused-ring (bicyclic) bond motifs is 1. The molecule has 0 aromatic heterocycles. The minimum absolute atomic E-state index is 0.0188. The second kappa shape index (κ2) is 23.5. The number of aliphatic hydroxyl groups is 2. The summed E-state index contributed by atoms with van der Waals surface area (Å²) in [7, 11) is -3.09. The van der Waals surface area contributed by atoms with Crippen molar-refractivity contribution >= 4 is 18.7 Å². The largest absolute Gasteiger partial charge is 0.405 e. The van der Waals surface area contributed by atoms with E-state index in [9.17, 15) is 10.2 Å². The lowest BCUT2D eigenvalue weighted by atomic mass is 9.84. The predicted octanol–water partition coefficient (Wildman–Crippen LogP) is 7.53. The lowest BCUT2D eigenvalue weighted by Crippen LogP contribution is -2.72. The van der Waals surface area contributed by atoms with Gasteiger partial charge in [0.15, 0.2) is 0 Å². The molecule has 0 radical (unpaired) electrons. The van der Waals surface area contributed by atoms with E-state index in [4.69, 9.17) is 42.3 Å². The molecule has 70 heavy (non-hydrogen) atoms. The van der Waals surface area contributed by atoms with E-state index >= 15 is 0 Å². The lowest BCUT2D eigenvalue weighted by molar-refractivity contribution is -0.356. The quantitative estimate of drug-likeness (QED) is 0.0784. The van der Waals surface area contributed by atoms with Gasteiger partial charge in [0.25, 0.3) is 8.32 Å². The number of aliphatic hydroxyl groups excluding tert-OH is 2. The van der Waals surface area contributed by atoms with Crippen LogP contribution in [0.1, 0.15) is 43.0 Å². The SMILES string of the molecule is CC(C)(C)[Si](OC[C@H]1O[C@H]2[C@H]([C@H]3O[C@H](COCc4ccccc4)[C@@H](OCc4ccccc4)[C@H](OCc4ccccc4)[C@@H]3OCc3ccccc3)OCO[C@@H]2[C@@H](O)[C@H]1O)(c1ccccc1)c1ccccc1. The molecule has 3 fully saturated rings. The van der Waals surface area contributed by atoms with Crippen LogP contribution < -0.4 is 10.4 Å². The smallest absolute Gasteiger partial charge is 0.261 e. The van der Waals surface area contributed by atoms with E-state index in [1.165, 1.54) is 0 Å². The topological polar surface area (TPSA) is 124 Å². The summed E-state index contributed by atoms with van der Waals surface area (Å²) in [6.45, 7) is 7.65. The molecule has 3 saturated heterocycles. The zero-order valence-corrected chi connectivity index (χ0v) is 41.2. The summed E-state index contributed by atoms with van der Waals surface area (Å²) in [5, 5.41) is 25.8. The van der Waals surface area contributed by atoms with Crippen LogP contribution in [0.2, 0.25) is 5.04 Å². The molecule has 6 aromatic rings. The average Bonchev–Trinajstić information content (AvgIpc) is 3.40. The first-order chi connectivity index (χ1) is 34.2. The summed E-state index contributed by atoms with van der Waals surface area (Å²) < 4.78 is 61.9. The van der Waals surface area contributed by atoms with Crippen molar-refractivity contribution in [2.24, 2.45) is 0 Å². The molecule has 11 atom stereocenters. The van der Waals surface area contributed by atoms with Crippen molar-refractivity contribution in [2.45, 2.75) is 119 Å². The molecule has 11 nitrogen and oxygen atoms in total. The molecule has 0 unspecified atom stereocenters. The van der Waals surface area contributed by atoms with Gasteiger partial charge in [0.05, 0.1) is 39.6 Å². The zero-order valence-electron chi connectivity index (χ0n) is 40.2. The van der Waals surface area contributed by atoms with Gasteiger partial charge in [0.1, 0.15) is 73.9 Å². The number of hydrogen-bond acceptors (Lipinski definition) is 11. The average molecular weight is 967 g/mol. The summed E-state index contributed by atoms with van der Waals surface area (Å²) in [6, 6.07) is 60.6. The first-order valence-electron chi connectivity index (χ1n) is 24.4. The molecule has 368 valence electrons. The molecule has 3 aliphatic rings. The molecule has 0 spiro atoms. The van der Waals surface area contributed by atoms with Crippen molar-refractivity contribution in [1.29, 1.82) is 0 Å². The number of benzene rings is 6. The fourth-order valence-corrected chi connectivity index (χ4v) is 14.8. The maximum absolute atomic E-state index is 12.1. The van der Waals surface area contributed by atoms with E-state index in [2.05, 4.69) is 45.0 Å². The van der Waals surface area contributed by atoms with Crippen LogP contribution >= 0.6 is 0 Å². The molecule has 0 bridgehead atoms. The minimum atomic E-state index is -3.09. The molecule has 3 aliphatic heterocycles. The van der Waals surface area contributed by atoms with E-state index in [0.29, 0.717) is 6.61 Å². The molecule has 0 amide bonds. The summed E-state index contributed by atoms with van der Waals surface area (Å²) in [5.74, 6) is 0. The maximum atomic E-state index is 12.1. The van der Waals surface area contributed by atoms with Crippen LogP contribution in [0.5, 0.6) is 0 Å². The van der Waals surface area contributed by atoms with Gasteiger partial charge in [-0.2, -0.15) is 0 Å². The van der Waals surface area contributed by atoms with Crippen LogP contribution in [0.3, 0.4) is 0 Å². The molecular formula is C58H66O11Si. The highest BCUT2D eigenvalue weighted by Gasteiger charge is 2.59. The Labute approximate surface area is 413 Å². The Kier molecular flexibility index (Phi) is 16.8. The summed E-state index contributed by atoms with van der Waals surface area (Å²) in [6.07, 6.45) is -10.2. The molecular weight excluding hydrogens is 901 g/mol. The third-order valence-electron chi connectivity index (χ3n) is 13.7. The van der Waals surface area contributed by atoms with Crippen molar-refractivity contribution in [3.05, 3.63) is 204 Å².